The second-order valence-corrected chi connectivity index (χ2v) is 4.43. The minimum absolute atomic E-state index is 0.197. The molecule has 94 valence electrons. The lowest BCUT2D eigenvalue weighted by Gasteiger charge is -2.20. The molecule has 1 aliphatic rings. The normalized spacial score (nSPS) is 23.9. The molecular formula is C11H18N4O2. The number of hydrogen-bond acceptors (Lipinski definition) is 4. The van der Waals surface area contributed by atoms with Crippen LogP contribution in [0.1, 0.15) is 19.0 Å². The van der Waals surface area contributed by atoms with E-state index >= 15 is 0 Å². The summed E-state index contributed by atoms with van der Waals surface area (Å²) in [7, 11) is 1.83. The zero-order valence-corrected chi connectivity index (χ0v) is 10.2. The zero-order chi connectivity index (χ0) is 12.5. The Balaban J connectivity index is 2.12. The molecule has 3 N–H and O–H groups in total. The Labute approximate surface area is 100 Å². The van der Waals surface area contributed by atoms with E-state index in [4.69, 9.17) is 10.5 Å². The fourth-order valence-electron chi connectivity index (χ4n) is 1.91. The van der Waals surface area contributed by atoms with E-state index in [2.05, 4.69) is 10.4 Å². The Bertz CT molecular complexity index is 421. The van der Waals surface area contributed by atoms with E-state index in [1.54, 1.807) is 10.9 Å². The Morgan fingerprint density at radius 2 is 2.53 bits per heavy atom. The van der Waals surface area contributed by atoms with Gasteiger partial charge in [0.15, 0.2) is 0 Å². The van der Waals surface area contributed by atoms with Gasteiger partial charge in [0.1, 0.15) is 5.54 Å². The van der Waals surface area contributed by atoms with Gasteiger partial charge in [-0.25, -0.2) is 0 Å². The highest BCUT2D eigenvalue weighted by Gasteiger charge is 2.38. The third-order valence-electron chi connectivity index (χ3n) is 2.99. The minimum atomic E-state index is -0.902. The molecule has 6 nitrogen and oxygen atoms in total. The number of anilines is 1. The number of ether oxygens (including phenoxy) is 1. The standard InChI is InChI=1S/C11H18N4O2/c1-3-8-9(6-15(2)14-8)13-10(16)11(12)4-5-17-7-11/h6H,3-5,7,12H2,1-2H3,(H,13,16). The third-order valence-corrected chi connectivity index (χ3v) is 2.99. The number of aromatic nitrogens is 2. The summed E-state index contributed by atoms with van der Waals surface area (Å²) in [6.07, 6.45) is 3.11. The van der Waals surface area contributed by atoms with Crippen molar-refractivity contribution in [3.8, 4) is 0 Å². The highest BCUT2D eigenvalue weighted by Crippen LogP contribution is 2.20. The van der Waals surface area contributed by atoms with E-state index in [-0.39, 0.29) is 12.5 Å². The molecule has 1 atom stereocenters. The summed E-state index contributed by atoms with van der Waals surface area (Å²) in [5, 5.41) is 7.10. The predicted octanol–water partition coefficient (Wildman–Crippen LogP) is 0.0388. The van der Waals surface area contributed by atoms with Gasteiger partial charge in [-0.3, -0.25) is 9.48 Å². The van der Waals surface area contributed by atoms with Crippen LogP contribution in [0.2, 0.25) is 0 Å². The first-order valence-corrected chi connectivity index (χ1v) is 5.76. The van der Waals surface area contributed by atoms with Crippen molar-refractivity contribution in [2.75, 3.05) is 18.5 Å². The van der Waals surface area contributed by atoms with Gasteiger partial charge < -0.3 is 15.8 Å². The molecular weight excluding hydrogens is 220 g/mol. The molecule has 1 aromatic heterocycles. The number of carbonyl (C=O) groups is 1. The maximum Gasteiger partial charge on any atom is 0.247 e. The lowest BCUT2D eigenvalue weighted by molar-refractivity contribution is -0.121. The first-order chi connectivity index (χ1) is 8.05. The van der Waals surface area contributed by atoms with Gasteiger partial charge in [0.05, 0.1) is 18.0 Å². The first-order valence-electron chi connectivity index (χ1n) is 5.76. The van der Waals surface area contributed by atoms with Crippen molar-refractivity contribution in [2.24, 2.45) is 12.8 Å². The Morgan fingerprint density at radius 3 is 3.12 bits per heavy atom. The van der Waals surface area contributed by atoms with Crippen molar-refractivity contribution < 1.29 is 9.53 Å². The molecule has 1 amide bonds. The largest absolute Gasteiger partial charge is 0.379 e. The topological polar surface area (TPSA) is 82.2 Å². The zero-order valence-electron chi connectivity index (χ0n) is 10.2. The number of aryl methyl sites for hydroxylation is 2. The lowest BCUT2D eigenvalue weighted by Crippen LogP contribution is -2.51. The van der Waals surface area contributed by atoms with Crippen LogP contribution in [0.3, 0.4) is 0 Å². The third kappa shape index (κ3) is 2.32. The summed E-state index contributed by atoms with van der Waals surface area (Å²) < 4.78 is 6.86. The number of rotatable bonds is 3. The van der Waals surface area contributed by atoms with Gasteiger partial charge in [-0.2, -0.15) is 5.10 Å². The molecule has 0 spiro atoms. The van der Waals surface area contributed by atoms with Gasteiger partial charge in [0, 0.05) is 19.9 Å². The van der Waals surface area contributed by atoms with Gasteiger partial charge in [-0.1, -0.05) is 6.92 Å². The summed E-state index contributed by atoms with van der Waals surface area (Å²) in [5.74, 6) is -0.197. The summed E-state index contributed by atoms with van der Waals surface area (Å²) in [6, 6.07) is 0. The Morgan fingerprint density at radius 1 is 1.76 bits per heavy atom. The summed E-state index contributed by atoms with van der Waals surface area (Å²) in [5.41, 5.74) is 6.68. The number of carbonyl (C=O) groups excluding carboxylic acids is 1. The molecule has 0 bridgehead atoms. The molecule has 1 unspecified atom stereocenters. The van der Waals surface area contributed by atoms with Crippen LogP contribution < -0.4 is 11.1 Å². The van der Waals surface area contributed by atoms with Crippen LogP contribution in [-0.4, -0.2) is 34.4 Å². The minimum Gasteiger partial charge on any atom is -0.379 e. The van der Waals surface area contributed by atoms with E-state index in [1.807, 2.05) is 14.0 Å². The van der Waals surface area contributed by atoms with Crippen LogP contribution in [-0.2, 0) is 23.0 Å². The molecule has 1 saturated heterocycles. The van der Waals surface area contributed by atoms with Crippen molar-refractivity contribution in [3.63, 3.8) is 0 Å². The fraction of sp³-hybridized carbons (Fsp3) is 0.636. The SMILES string of the molecule is CCc1nn(C)cc1NC(=O)C1(N)CCOC1. The van der Waals surface area contributed by atoms with Crippen LogP contribution >= 0.6 is 0 Å². The van der Waals surface area contributed by atoms with Crippen LogP contribution in [0, 0.1) is 0 Å². The maximum absolute atomic E-state index is 12.1. The summed E-state index contributed by atoms with van der Waals surface area (Å²) in [4.78, 5) is 12.1. The number of hydrogen-bond donors (Lipinski definition) is 2. The first kappa shape index (κ1) is 12.1. The lowest BCUT2D eigenvalue weighted by atomic mass is 9.99. The Hall–Kier alpha value is -1.40. The van der Waals surface area contributed by atoms with E-state index in [0.717, 1.165) is 17.8 Å². The van der Waals surface area contributed by atoms with Gasteiger partial charge in [0.2, 0.25) is 5.91 Å². The van der Waals surface area contributed by atoms with Gasteiger partial charge in [-0.15, -0.1) is 0 Å². The van der Waals surface area contributed by atoms with Crippen molar-refractivity contribution in [1.82, 2.24) is 9.78 Å². The smallest absolute Gasteiger partial charge is 0.247 e. The second-order valence-electron chi connectivity index (χ2n) is 4.43. The van der Waals surface area contributed by atoms with Gasteiger partial charge in [0.25, 0.3) is 0 Å². The quantitative estimate of drug-likeness (QED) is 0.779. The predicted molar refractivity (Wildman–Crippen MR) is 63.6 cm³/mol. The molecule has 6 heteroatoms. The maximum atomic E-state index is 12.1. The monoisotopic (exact) mass is 238 g/mol. The highest BCUT2D eigenvalue weighted by atomic mass is 16.5. The second kappa shape index (κ2) is 4.46. The van der Waals surface area contributed by atoms with E-state index in [9.17, 15) is 4.79 Å². The average molecular weight is 238 g/mol. The van der Waals surface area contributed by atoms with Crippen molar-refractivity contribution >= 4 is 11.6 Å². The molecule has 0 radical (unpaired) electrons. The number of amides is 1. The number of nitrogens with one attached hydrogen (secondary N) is 1. The number of nitrogens with two attached hydrogens (primary N) is 1. The van der Waals surface area contributed by atoms with Crippen LogP contribution in [0.5, 0.6) is 0 Å². The highest BCUT2D eigenvalue weighted by molar-refractivity contribution is 5.98. The Kier molecular flexibility index (Phi) is 3.17. The van der Waals surface area contributed by atoms with Crippen LogP contribution in [0.4, 0.5) is 5.69 Å². The molecule has 1 fully saturated rings. The fourth-order valence-corrected chi connectivity index (χ4v) is 1.91. The molecule has 0 aromatic carbocycles. The molecule has 1 aliphatic heterocycles. The van der Waals surface area contributed by atoms with Crippen molar-refractivity contribution in [3.05, 3.63) is 11.9 Å². The van der Waals surface area contributed by atoms with Gasteiger partial charge in [-0.05, 0) is 12.8 Å². The van der Waals surface area contributed by atoms with Crippen LogP contribution in [0.25, 0.3) is 0 Å². The molecule has 0 saturated carbocycles. The van der Waals surface area contributed by atoms with E-state index in [0.29, 0.717) is 13.0 Å². The molecule has 0 aliphatic carbocycles. The van der Waals surface area contributed by atoms with Gasteiger partial charge >= 0.3 is 0 Å². The van der Waals surface area contributed by atoms with Crippen molar-refractivity contribution in [2.45, 2.75) is 25.3 Å². The molecule has 2 rings (SSSR count). The van der Waals surface area contributed by atoms with Crippen molar-refractivity contribution in [1.29, 1.82) is 0 Å². The molecule has 2 heterocycles. The summed E-state index contributed by atoms with van der Waals surface area (Å²) >= 11 is 0. The number of nitrogens with zero attached hydrogens (tertiary/aromatic N) is 2. The van der Waals surface area contributed by atoms with E-state index < -0.39 is 5.54 Å². The molecule has 17 heavy (non-hydrogen) atoms. The summed E-state index contributed by atoms with van der Waals surface area (Å²) in [6.45, 7) is 2.81. The van der Waals surface area contributed by atoms with E-state index in [1.165, 1.54) is 0 Å². The van der Waals surface area contributed by atoms with Crippen LogP contribution in [0.15, 0.2) is 6.20 Å². The average Bonchev–Trinajstić information content (AvgIpc) is 2.86. The molecule has 1 aromatic rings.